The molecule has 3 aromatic rings. The average Bonchev–Trinajstić information content (AvgIpc) is 3.73. The summed E-state index contributed by atoms with van der Waals surface area (Å²) in [5, 5.41) is 12.5. The lowest BCUT2D eigenvalue weighted by atomic mass is 9.91. The lowest BCUT2D eigenvalue weighted by Crippen LogP contribution is -2.56. The van der Waals surface area contributed by atoms with Gasteiger partial charge in [0.25, 0.3) is 0 Å². The van der Waals surface area contributed by atoms with Crippen molar-refractivity contribution in [3.63, 3.8) is 0 Å². The van der Waals surface area contributed by atoms with Crippen molar-refractivity contribution < 1.29 is 37.6 Å². The first-order chi connectivity index (χ1) is 23.4. The molecule has 5 rings (SSSR count). The number of benzene rings is 2. The summed E-state index contributed by atoms with van der Waals surface area (Å²) in [6, 6.07) is 11.9. The molecule has 262 valence electrons. The molecule has 3 heterocycles. The van der Waals surface area contributed by atoms with Crippen LogP contribution in [0.5, 0.6) is 0 Å². The molecule has 2 aliphatic heterocycles. The Balaban J connectivity index is 1.18. The number of alkyl carbamates (subject to hydrolysis) is 1. The number of ether oxygens (including phenoxy) is 1. The quantitative estimate of drug-likeness (QED) is 0.295. The molecule has 2 saturated heterocycles. The number of nitrogens with one attached hydrogen (secondary N) is 3. The van der Waals surface area contributed by atoms with Gasteiger partial charge in [-0.3, -0.25) is 19.2 Å². The van der Waals surface area contributed by atoms with Crippen molar-refractivity contribution in [2.75, 3.05) is 32.7 Å². The van der Waals surface area contributed by atoms with E-state index in [0.29, 0.717) is 50.9 Å². The zero-order valence-electron chi connectivity index (χ0n) is 28.0. The van der Waals surface area contributed by atoms with Crippen molar-refractivity contribution in [1.82, 2.24) is 30.9 Å². The van der Waals surface area contributed by atoms with Gasteiger partial charge in [-0.25, -0.2) is 9.18 Å². The van der Waals surface area contributed by atoms with Crippen LogP contribution in [-0.4, -0.2) is 95.1 Å². The van der Waals surface area contributed by atoms with Crippen molar-refractivity contribution >= 4 is 40.7 Å². The van der Waals surface area contributed by atoms with Crippen LogP contribution in [0.1, 0.15) is 63.6 Å². The Morgan fingerprint density at radius 2 is 1.67 bits per heavy atom. The van der Waals surface area contributed by atoms with Gasteiger partial charge in [0.2, 0.25) is 23.6 Å². The predicted octanol–water partition coefficient (Wildman–Crippen LogP) is 3.03. The highest BCUT2D eigenvalue weighted by atomic mass is 19.1. The van der Waals surface area contributed by atoms with Crippen molar-refractivity contribution in [2.24, 2.45) is 0 Å². The summed E-state index contributed by atoms with van der Waals surface area (Å²) in [4.78, 5) is 68.2. The zero-order chi connectivity index (χ0) is 35.1. The second kappa shape index (κ2) is 15.5. The van der Waals surface area contributed by atoms with Gasteiger partial charge in [0.15, 0.2) is 5.58 Å². The molecule has 0 saturated carbocycles. The molecule has 2 aromatic carbocycles. The molecule has 14 heteroatoms. The second-order valence-electron chi connectivity index (χ2n) is 13.4. The Morgan fingerprint density at radius 1 is 0.959 bits per heavy atom. The third-order valence-electron chi connectivity index (χ3n) is 8.63. The number of carbonyl (C=O) groups excluding carboxylic acids is 5. The highest BCUT2D eigenvalue weighted by Crippen LogP contribution is 2.33. The Hall–Kier alpha value is -5.01. The van der Waals surface area contributed by atoms with Crippen LogP contribution in [-0.2, 0) is 30.3 Å². The van der Waals surface area contributed by atoms with E-state index in [0.717, 1.165) is 16.6 Å². The number of carbonyl (C=O) groups is 5. The van der Waals surface area contributed by atoms with Crippen LogP contribution < -0.4 is 16.0 Å². The number of aromatic nitrogens is 1. The van der Waals surface area contributed by atoms with E-state index in [2.05, 4.69) is 21.1 Å². The fourth-order valence-corrected chi connectivity index (χ4v) is 6.30. The minimum Gasteiger partial charge on any atom is -0.444 e. The van der Waals surface area contributed by atoms with Crippen LogP contribution >= 0.6 is 0 Å². The van der Waals surface area contributed by atoms with E-state index >= 15 is 0 Å². The number of rotatable bonds is 10. The van der Waals surface area contributed by atoms with Gasteiger partial charge in [-0.05, 0) is 64.2 Å². The zero-order valence-corrected chi connectivity index (χ0v) is 28.0. The summed E-state index contributed by atoms with van der Waals surface area (Å²) in [5.74, 6) is -2.05. The smallest absolute Gasteiger partial charge is 0.408 e. The number of halogens is 1. The third-order valence-corrected chi connectivity index (χ3v) is 8.63. The molecule has 13 nitrogen and oxygen atoms in total. The van der Waals surface area contributed by atoms with Gasteiger partial charge >= 0.3 is 6.09 Å². The number of hydrogen-bond donors (Lipinski definition) is 3. The molecule has 5 amide bonds. The number of likely N-dealkylation sites (tertiary alicyclic amines) is 2. The van der Waals surface area contributed by atoms with E-state index in [9.17, 15) is 28.4 Å². The summed E-state index contributed by atoms with van der Waals surface area (Å²) in [6.45, 7) is 5.61. The normalized spacial score (nSPS) is 17.4. The van der Waals surface area contributed by atoms with Gasteiger partial charge in [0.05, 0.1) is 12.2 Å². The summed E-state index contributed by atoms with van der Waals surface area (Å²) in [6.07, 6.45) is 1.89. The molecule has 1 aromatic heterocycles. The van der Waals surface area contributed by atoms with Crippen molar-refractivity contribution in [3.05, 3.63) is 65.6 Å². The van der Waals surface area contributed by atoms with Crippen LogP contribution in [0.25, 0.3) is 11.0 Å². The lowest BCUT2D eigenvalue weighted by molar-refractivity contribution is -0.146. The molecule has 2 aliphatic rings. The van der Waals surface area contributed by atoms with E-state index in [4.69, 9.17) is 9.26 Å². The fourth-order valence-electron chi connectivity index (χ4n) is 6.30. The molecule has 49 heavy (non-hydrogen) atoms. The maximum Gasteiger partial charge on any atom is 0.408 e. The maximum absolute atomic E-state index is 14.0. The van der Waals surface area contributed by atoms with Crippen LogP contribution in [0.15, 0.2) is 53.1 Å². The highest BCUT2D eigenvalue weighted by Gasteiger charge is 2.40. The Morgan fingerprint density at radius 3 is 2.39 bits per heavy atom. The number of nitrogens with zero attached hydrogens (tertiary/aromatic N) is 3. The molecule has 0 spiro atoms. The van der Waals surface area contributed by atoms with Gasteiger partial charge in [-0.1, -0.05) is 35.5 Å². The minimum atomic E-state index is -0.976. The predicted molar refractivity (Wildman–Crippen MR) is 177 cm³/mol. The third kappa shape index (κ3) is 9.33. The van der Waals surface area contributed by atoms with Gasteiger partial charge in [0.1, 0.15) is 30.0 Å². The van der Waals surface area contributed by atoms with Gasteiger partial charge in [-0.15, -0.1) is 0 Å². The number of hydrogen-bond acceptors (Lipinski definition) is 8. The number of amides is 5. The molecular weight excluding hydrogens is 635 g/mol. The highest BCUT2D eigenvalue weighted by molar-refractivity contribution is 5.94. The van der Waals surface area contributed by atoms with E-state index < -0.39 is 54.5 Å². The molecular formula is C35H43FN6O7. The minimum absolute atomic E-state index is 0.0520. The molecule has 2 atom stereocenters. The van der Waals surface area contributed by atoms with Crippen LogP contribution in [0.4, 0.5) is 9.18 Å². The van der Waals surface area contributed by atoms with E-state index in [1.807, 2.05) is 30.3 Å². The average molecular weight is 679 g/mol. The summed E-state index contributed by atoms with van der Waals surface area (Å²) in [7, 11) is 0. The fraction of sp³-hybridized carbons (Fsp3) is 0.486. The summed E-state index contributed by atoms with van der Waals surface area (Å²) in [5.41, 5.74) is 1.24. The monoisotopic (exact) mass is 678 g/mol. The SMILES string of the molecule is CC(C)(C)OC(=O)NCC(=O)NCC(=O)N[C@@H](Cc1ccccc1)C(=O)N1CCC[C@H]1C(=O)N1CCC(c2noc3cc(F)ccc23)CC1. The molecule has 0 radical (unpaired) electrons. The van der Waals surface area contributed by atoms with E-state index in [1.165, 1.54) is 12.1 Å². The van der Waals surface area contributed by atoms with Crippen LogP contribution in [0.2, 0.25) is 0 Å². The first-order valence-electron chi connectivity index (χ1n) is 16.6. The Bertz CT molecular complexity index is 1670. The van der Waals surface area contributed by atoms with Gasteiger partial charge in [-0.2, -0.15) is 0 Å². The number of fused-ring (bicyclic) bond motifs is 1. The number of piperidine rings is 1. The first-order valence-corrected chi connectivity index (χ1v) is 16.6. The molecule has 0 aliphatic carbocycles. The Labute approximate surface area is 283 Å². The van der Waals surface area contributed by atoms with Gasteiger partial charge < -0.3 is 35.0 Å². The van der Waals surface area contributed by atoms with E-state index in [1.54, 1.807) is 36.6 Å². The molecule has 3 N–H and O–H groups in total. The van der Waals surface area contributed by atoms with Crippen molar-refractivity contribution in [1.29, 1.82) is 0 Å². The Kier molecular flexibility index (Phi) is 11.1. The van der Waals surface area contributed by atoms with Crippen LogP contribution in [0, 0.1) is 5.82 Å². The summed E-state index contributed by atoms with van der Waals surface area (Å²) >= 11 is 0. The van der Waals surface area contributed by atoms with Crippen molar-refractivity contribution in [3.8, 4) is 0 Å². The van der Waals surface area contributed by atoms with Crippen molar-refractivity contribution in [2.45, 2.75) is 76.5 Å². The first kappa shape index (κ1) is 35.3. The lowest BCUT2D eigenvalue weighted by Gasteiger charge is -2.36. The molecule has 0 bridgehead atoms. The topological polar surface area (TPSA) is 163 Å². The molecule has 2 fully saturated rings. The maximum atomic E-state index is 14.0. The standard InChI is InChI=1S/C35H43FN6O7/c1-35(2,3)48-34(47)38-20-29(43)37-21-30(44)39-26(18-22-8-5-4-6-9-22)32(45)42-15-7-10-27(42)33(46)41-16-13-23(14-17-41)31-25-12-11-24(36)19-28(25)49-40-31/h4-6,8-9,11-12,19,23,26-27H,7,10,13-18,20-21H2,1-3H3,(H,37,43)(H,38,47)(H,39,44)/t26-,27-/m0/s1. The summed E-state index contributed by atoms with van der Waals surface area (Å²) < 4.78 is 24.1. The van der Waals surface area contributed by atoms with Crippen LogP contribution in [0.3, 0.4) is 0 Å². The van der Waals surface area contributed by atoms with Gasteiger partial charge in [0, 0.05) is 43.4 Å². The second-order valence-corrected chi connectivity index (χ2v) is 13.4. The molecule has 0 unspecified atom stereocenters. The van der Waals surface area contributed by atoms with E-state index in [-0.39, 0.29) is 24.2 Å². The largest absolute Gasteiger partial charge is 0.444 e.